The maximum Gasteiger partial charge on any atom is 0.233 e. The Morgan fingerprint density at radius 1 is 1.67 bits per heavy atom. The van der Waals surface area contributed by atoms with Gasteiger partial charge in [0.25, 0.3) is 0 Å². The Morgan fingerprint density at radius 2 is 2.47 bits per heavy atom. The summed E-state index contributed by atoms with van der Waals surface area (Å²) in [6, 6.07) is 2.07. The fourth-order valence-electron chi connectivity index (χ4n) is 1.66. The van der Waals surface area contributed by atoms with Crippen LogP contribution in [0.3, 0.4) is 0 Å². The molecule has 0 unspecified atom stereocenters. The second kappa shape index (κ2) is 4.55. The summed E-state index contributed by atoms with van der Waals surface area (Å²) in [4.78, 5) is 14.6. The highest BCUT2D eigenvalue weighted by molar-refractivity contribution is 8.00. The van der Waals surface area contributed by atoms with Crippen LogP contribution in [-0.4, -0.2) is 34.8 Å². The second-order valence-electron chi connectivity index (χ2n) is 3.44. The molecule has 0 aromatic carbocycles. The highest BCUT2D eigenvalue weighted by Crippen LogP contribution is 2.41. The average Bonchev–Trinajstić information content (AvgIpc) is 2.76. The summed E-state index contributed by atoms with van der Waals surface area (Å²) in [5.74, 6) is 0.661. The van der Waals surface area contributed by atoms with Crippen molar-refractivity contribution in [2.75, 3.05) is 18.9 Å². The van der Waals surface area contributed by atoms with E-state index in [4.69, 9.17) is 5.11 Å². The van der Waals surface area contributed by atoms with E-state index in [0.717, 1.165) is 0 Å². The SMILES string of the molecule is Cc1ccsc1[C@H]1SCC(=O)N1CCO. The van der Waals surface area contributed by atoms with Gasteiger partial charge in [0, 0.05) is 11.4 Å². The monoisotopic (exact) mass is 243 g/mol. The lowest BCUT2D eigenvalue weighted by atomic mass is 10.2. The van der Waals surface area contributed by atoms with Crippen LogP contribution >= 0.6 is 23.1 Å². The van der Waals surface area contributed by atoms with Crippen molar-refractivity contribution in [3.63, 3.8) is 0 Å². The highest BCUT2D eigenvalue weighted by Gasteiger charge is 2.33. The van der Waals surface area contributed by atoms with Gasteiger partial charge in [-0.3, -0.25) is 4.79 Å². The Bertz CT molecular complexity index is 364. The third-order valence-corrected chi connectivity index (χ3v) is 4.88. The minimum absolute atomic E-state index is 0.0349. The van der Waals surface area contributed by atoms with Gasteiger partial charge in [0.1, 0.15) is 5.37 Å². The van der Waals surface area contributed by atoms with Crippen LogP contribution in [0.2, 0.25) is 0 Å². The Hall–Kier alpha value is -0.520. The zero-order valence-electron chi connectivity index (χ0n) is 8.47. The Labute approximate surface area is 97.1 Å². The van der Waals surface area contributed by atoms with Crippen molar-refractivity contribution >= 4 is 29.0 Å². The molecule has 2 heterocycles. The topological polar surface area (TPSA) is 40.5 Å². The summed E-state index contributed by atoms with van der Waals surface area (Å²) < 4.78 is 0. The summed E-state index contributed by atoms with van der Waals surface area (Å²) in [7, 11) is 0. The molecule has 1 aromatic heterocycles. The Balaban J connectivity index is 2.22. The number of amides is 1. The van der Waals surface area contributed by atoms with Crippen molar-refractivity contribution in [1.29, 1.82) is 0 Å². The predicted molar refractivity (Wildman–Crippen MR) is 63.1 cm³/mol. The fourth-order valence-corrected chi connectivity index (χ4v) is 4.15. The predicted octanol–water partition coefficient (Wildman–Crippen LogP) is 1.62. The molecule has 1 amide bonds. The van der Waals surface area contributed by atoms with Crippen molar-refractivity contribution < 1.29 is 9.90 Å². The first kappa shape index (κ1) is 11.0. The average molecular weight is 243 g/mol. The zero-order chi connectivity index (χ0) is 10.8. The van der Waals surface area contributed by atoms with Gasteiger partial charge in [0.05, 0.1) is 12.4 Å². The molecule has 0 bridgehead atoms. The maximum atomic E-state index is 11.6. The van der Waals surface area contributed by atoms with Crippen LogP contribution in [0, 0.1) is 6.92 Å². The van der Waals surface area contributed by atoms with Crippen LogP contribution in [0.5, 0.6) is 0 Å². The first-order valence-corrected chi connectivity index (χ1v) is 6.73. The number of thiophene rings is 1. The van der Waals surface area contributed by atoms with E-state index in [0.29, 0.717) is 12.3 Å². The van der Waals surface area contributed by atoms with Crippen LogP contribution in [-0.2, 0) is 4.79 Å². The third kappa shape index (κ3) is 2.04. The molecule has 0 aliphatic carbocycles. The summed E-state index contributed by atoms with van der Waals surface area (Å²) in [6.45, 7) is 2.54. The molecular weight excluding hydrogens is 230 g/mol. The number of nitrogens with zero attached hydrogens (tertiary/aromatic N) is 1. The van der Waals surface area contributed by atoms with Gasteiger partial charge in [-0.1, -0.05) is 0 Å². The molecular formula is C10H13NO2S2. The Kier molecular flexibility index (Phi) is 3.33. The van der Waals surface area contributed by atoms with E-state index in [1.165, 1.54) is 10.4 Å². The van der Waals surface area contributed by atoms with Crippen molar-refractivity contribution in [3.8, 4) is 0 Å². The van der Waals surface area contributed by atoms with E-state index in [1.807, 2.05) is 5.38 Å². The number of hydrogen-bond acceptors (Lipinski definition) is 4. The molecule has 1 atom stereocenters. The van der Waals surface area contributed by atoms with E-state index >= 15 is 0 Å². The largest absolute Gasteiger partial charge is 0.395 e. The summed E-state index contributed by atoms with van der Waals surface area (Å²) >= 11 is 3.33. The fraction of sp³-hybridized carbons (Fsp3) is 0.500. The molecule has 1 N–H and O–H groups in total. The molecule has 2 rings (SSSR count). The molecule has 1 aliphatic heterocycles. The van der Waals surface area contributed by atoms with E-state index in [2.05, 4.69) is 13.0 Å². The normalized spacial score (nSPS) is 21.3. The van der Waals surface area contributed by atoms with E-state index in [-0.39, 0.29) is 17.9 Å². The lowest BCUT2D eigenvalue weighted by Gasteiger charge is -2.22. The van der Waals surface area contributed by atoms with Crippen LogP contribution < -0.4 is 0 Å². The third-order valence-electron chi connectivity index (χ3n) is 2.44. The van der Waals surface area contributed by atoms with E-state index in [9.17, 15) is 4.79 Å². The smallest absolute Gasteiger partial charge is 0.233 e. The van der Waals surface area contributed by atoms with E-state index < -0.39 is 0 Å². The quantitative estimate of drug-likeness (QED) is 0.877. The minimum atomic E-state index is 0.0349. The van der Waals surface area contributed by atoms with Gasteiger partial charge in [-0.05, 0) is 23.9 Å². The standard InChI is InChI=1S/C10H13NO2S2/c1-7-2-5-14-9(7)10-11(3-4-12)8(13)6-15-10/h2,5,10,12H,3-4,6H2,1H3/t10-/m1/s1. The molecule has 5 heteroatoms. The lowest BCUT2D eigenvalue weighted by molar-refractivity contribution is -0.128. The van der Waals surface area contributed by atoms with Gasteiger partial charge in [0.2, 0.25) is 5.91 Å². The number of aryl methyl sites for hydroxylation is 1. The van der Waals surface area contributed by atoms with Crippen LogP contribution in [0.25, 0.3) is 0 Å². The number of aliphatic hydroxyl groups excluding tert-OH is 1. The molecule has 0 radical (unpaired) electrons. The number of rotatable bonds is 3. The van der Waals surface area contributed by atoms with Crippen LogP contribution in [0.4, 0.5) is 0 Å². The van der Waals surface area contributed by atoms with Gasteiger partial charge in [-0.2, -0.15) is 0 Å². The number of aliphatic hydroxyl groups is 1. The molecule has 82 valence electrons. The molecule has 3 nitrogen and oxygen atoms in total. The second-order valence-corrected chi connectivity index (χ2v) is 5.46. The minimum Gasteiger partial charge on any atom is -0.395 e. The number of β-amino-alcohol motifs (C(OH)–C–C–N with tert-alkyl or cyclic N) is 1. The van der Waals surface area contributed by atoms with Gasteiger partial charge < -0.3 is 10.0 Å². The molecule has 1 aromatic rings. The molecule has 1 saturated heterocycles. The number of carbonyl (C=O) groups is 1. The summed E-state index contributed by atoms with van der Waals surface area (Å²) in [5, 5.41) is 11.1. The number of hydrogen-bond donors (Lipinski definition) is 1. The molecule has 0 saturated carbocycles. The Morgan fingerprint density at radius 3 is 3.07 bits per heavy atom. The molecule has 1 fully saturated rings. The lowest BCUT2D eigenvalue weighted by Crippen LogP contribution is -2.30. The summed E-state index contributed by atoms with van der Waals surface area (Å²) in [6.07, 6.45) is 0. The molecule has 1 aliphatic rings. The van der Waals surface area contributed by atoms with Crippen LogP contribution in [0.1, 0.15) is 15.8 Å². The van der Waals surface area contributed by atoms with Crippen molar-refractivity contribution in [2.45, 2.75) is 12.3 Å². The van der Waals surface area contributed by atoms with Gasteiger partial charge in [0.15, 0.2) is 0 Å². The van der Waals surface area contributed by atoms with Crippen molar-refractivity contribution in [1.82, 2.24) is 4.90 Å². The highest BCUT2D eigenvalue weighted by atomic mass is 32.2. The van der Waals surface area contributed by atoms with Gasteiger partial charge in [-0.25, -0.2) is 0 Å². The van der Waals surface area contributed by atoms with Crippen molar-refractivity contribution in [2.24, 2.45) is 0 Å². The van der Waals surface area contributed by atoms with Crippen molar-refractivity contribution in [3.05, 3.63) is 21.9 Å². The van der Waals surface area contributed by atoms with E-state index in [1.54, 1.807) is 28.0 Å². The molecule has 0 spiro atoms. The van der Waals surface area contributed by atoms with Gasteiger partial charge >= 0.3 is 0 Å². The molecule has 15 heavy (non-hydrogen) atoms. The number of thioether (sulfide) groups is 1. The first-order valence-electron chi connectivity index (χ1n) is 4.80. The van der Waals surface area contributed by atoms with Gasteiger partial charge in [-0.15, -0.1) is 23.1 Å². The maximum absolute atomic E-state index is 11.6. The number of carbonyl (C=O) groups excluding carboxylic acids is 1. The first-order chi connectivity index (χ1) is 7.24. The summed E-state index contributed by atoms with van der Waals surface area (Å²) in [5.41, 5.74) is 1.23. The zero-order valence-corrected chi connectivity index (χ0v) is 10.1. The van der Waals surface area contributed by atoms with Crippen LogP contribution in [0.15, 0.2) is 11.4 Å².